The zero-order chi connectivity index (χ0) is 15.6. The molecule has 3 heterocycles. The first kappa shape index (κ1) is 14.2. The molecule has 0 unspecified atom stereocenters. The van der Waals surface area contributed by atoms with E-state index in [9.17, 15) is 4.79 Å². The summed E-state index contributed by atoms with van der Waals surface area (Å²) in [4.78, 5) is 13.4. The molecular formula is C19H13NOS2. The summed E-state index contributed by atoms with van der Waals surface area (Å²) >= 11 is 3.46. The van der Waals surface area contributed by atoms with Gasteiger partial charge in [-0.3, -0.25) is 4.79 Å². The van der Waals surface area contributed by atoms with Gasteiger partial charge in [0.25, 0.3) is 0 Å². The highest BCUT2D eigenvalue weighted by Gasteiger charge is 2.14. The van der Waals surface area contributed by atoms with Crippen LogP contribution in [0.1, 0.15) is 10.4 Å². The van der Waals surface area contributed by atoms with Crippen molar-refractivity contribution in [3.63, 3.8) is 0 Å². The van der Waals surface area contributed by atoms with Crippen LogP contribution >= 0.6 is 22.7 Å². The van der Waals surface area contributed by atoms with Gasteiger partial charge in [0, 0.05) is 11.3 Å². The normalized spacial score (nSPS) is 10.8. The lowest BCUT2D eigenvalue weighted by Crippen LogP contribution is -1.98. The molecule has 4 heteroatoms. The summed E-state index contributed by atoms with van der Waals surface area (Å²) < 4.78 is 2.26. The van der Waals surface area contributed by atoms with Gasteiger partial charge in [0.15, 0.2) is 0 Å². The van der Waals surface area contributed by atoms with Crippen LogP contribution in [-0.4, -0.2) is 10.9 Å². The molecule has 3 aromatic heterocycles. The fourth-order valence-electron chi connectivity index (χ4n) is 2.65. The summed E-state index contributed by atoms with van der Waals surface area (Å²) in [5.41, 5.74) is 4.09. The molecule has 0 N–H and O–H groups in total. The minimum Gasteiger partial charge on any atom is -0.308 e. The lowest BCUT2D eigenvalue weighted by atomic mass is 10.2. The van der Waals surface area contributed by atoms with Gasteiger partial charge in [-0.1, -0.05) is 12.1 Å². The molecule has 4 rings (SSSR count). The van der Waals surface area contributed by atoms with E-state index < -0.39 is 0 Å². The number of thiophene rings is 2. The molecule has 0 bridgehead atoms. The number of carbonyl (C=O) groups is 1. The molecule has 23 heavy (non-hydrogen) atoms. The number of hydrogen-bond donors (Lipinski definition) is 0. The zero-order valence-electron chi connectivity index (χ0n) is 12.2. The van der Waals surface area contributed by atoms with E-state index in [-0.39, 0.29) is 0 Å². The number of carbonyl (C=O) groups excluding carboxylic acids is 1. The largest absolute Gasteiger partial charge is 0.308 e. The monoisotopic (exact) mass is 335 g/mol. The van der Waals surface area contributed by atoms with Crippen molar-refractivity contribution >= 4 is 29.0 Å². The Labute approximate surface area is 142 Å². The van der Waals surface area contributed by atoms with Crippen molar-refractivity contribution in [2.45, 2.75) is 0 Å². The summed E-state index contributed by atoms with van der Waals surface area (Å²) in [5, 5.41) is 4.18. The first-order chi connectivity index (χ1) is 11.4. The number of hydrogen-bond acceptors (Lipinski definition) is 3. The molecule has 0 radical (unpaired) electrons. The molecule has 1 aromatic carbocycles. The molecule has 0 amide bonds. The summed E-state index contributed by atoms with van der Waals surface area (Å²) in [7, 11) is 0. The van der Waals surface area contributed by atoms with Crippen molar-refractivity contribution in [2.24, 2.45) is 0 Å². The van der Waals surface area contributed by atoms with Crippen molar-refractivity contribution in [1.29, 1.82) is 0 Å². The number of aromatic nitrogens is 1. The van der Waals surface area contributed by atoms with Crippen LogP contribution in [0.4, 0.5) is 0 Å². The van der Waals surface area contributed by atoms with Gasteiger partial charge in [0.2, 0.25) is 0 Å². The molecule has 0 saturated carbocycles. The van der Waals surface area contributed by atoms with Crippen LogP contribution in [0.3, 0.4) is 0 Å². The Bertz CT molecular complexity index is 865. The third-order valence-electron chi connectivity index (χ3n) is 3.72. The van der Waals surface area contributed by atoms with Crippen LogP contribution in [0.15, 0.2) is 71.4 Å². The van der Waals surface area contributed by atoms with Crippen molar-refractivity contribution < 1.29 is 4.79 Å². The van der Waals surface area contributed by atoms with Gasteiger partial charge in [-0.15, -0.1) is 22.7 Å². The maximum absolute atomic E-state index is 10.9. The summed E-state index contributed by atoms with van der Waals surface area (Å²) in [5.74, 6) is 0. The Morgan fingerprint density at radius 1 is 0.739 bits per heavy atom. The van der Waals surface area contributed by atoms with Gasteiger partial charge >= 0.3 is 0 Å². The van der Waals surface area contributed by atoms with E-state index in [4.69, 9.17) is 0 Å². The highest BCUT2D eigenvalue weighted by molar-refractivity contribution is 7.14. The zero-order valence-corrected chi connectivity index (χ0v) is 13.8. The van der Waals surface area contributed by atoms with E-state index in [2.05, 4.69) is 51.7 Å². The Morgan fingerprint density at radius 2 is 1.30 bits per heavy atom. The predicted octanol–water partition coefficient (Wildman–Crippen LogP) is 5.75. The van der Waals surface area contributed by atoms with Gasteiger partial charge in [-0.25, -0.2) is 0 Å². The molecule has 0 fully saturated rings. The van der Waals surface area contributed by atoms with Crippen LogP contribution in [-0.2, 0) is 0 Å². The fraction of sp³-hybridized carbons (Fsp3) is 0. The summed E-state index contributed by atoms with van der Waals surface area (Å²) in [6.45, 7) is 0. The molecule has 0 aliphatic heterocycles. The lowest BCUT2D eigenvalue weighted by molar-refractivity contribution is 0.112. The third kappa shape index (κ3) is 2.56. The van der Waals surface area contributed by atoms with Crippen LogP contribution in [0.5, 0.6) is 0 Å². The van der Waals surface area contributed by atoms with Crippen molar-refractivity contribution in [3.05, 3.63) is 77.0 Å². The Kier molecular flexibility index (Phi) is 3.69. The SMILES string of the molecule is O=Cc1ccc(-n2c(-c3cccs3)ccc2-c2cccs2)cc1. The van der Waals surface area contributed by atoms with E-state index >= 15 is 0 Å². The lowest BCUT2D eigenvalue weighted by Gasteiger charge is -2.12. The van der Waals surface area contributed by atoms with Gasteiger partial charge in [0.05, 0.1) is 21.1 Å². The topological polar surface area (TPSA) is 22.0 Å². The molecule has 0 aliphatic rings. The smallest absolute Gasteiger partial charge is 0.150 e. The van der Waals surface area contributed by atoms with Gasteiger partial charge in [-0.2, -0.15) is 0 Å². The van der Waals surface area contributed by atoms with Crippen LogP contribution in [0, 0.1) is 0 Å². The molecule has 112 valence electrons. The van der Waals surface area contributed by atoms with Crippen LogP contribution in [0.2, 0.25) is 0 Å². The summed E-state index contributed by atoms with van der Waals surface area (Å²) in [6, 6.07) is 20.4. The molecule has 0 atom stereocenters. The maximum atomic E-state index is 10.9. The second-order valence-corrected chi connectivity index (χ2v) is 7.00. The second-order valence-electron chi connectivity index (χ2n) is 5.10. The number of aldehydes is 1. The Morgan fingerprint density at radius 3 is 1.74 bits per heavy atom. The highest BCUT2D eigenvalue weighted by Crippen LogP contribution is 2.35. The standard InChI is InChI=1S/C19H13NOS2/c21-13-14-5-7-15(8-6-14)20-16(18-3-1-11-22-18)9-10-17(20)19-4-2-12-23-19/h1-13H. The van der Waals surface area contributed by atoms with E-state index in [0.717, 1.165) is 12.0 Å². The Balaban J connectivity index is 1.94. The quantitative estimate of drug-likeness (QED) is 0.435. The van der Waals surface area contributed by atoms with E-state index in [1.54, 1.807) is 22.7 Å². The van der Waals surface area contributed by atoms with Gasteiger partial charge < -0.3 is 4.57 Å². The predicted molar refractivity (Wildman–Crippen MR) is 97.8 cm³/mol. The highest BCUT2D eigenvalue weighted by atomic mass is 32.1. The van der Waals surface area contributed by atoms with Crippen molar-refractivity contribution in [2.75, 3.05) is 0 Å². The molecule has 4 aromatic rings. The minimum absolute atomic E-state index is 0.691. The van der Waals surface area contributed by atoms with Gasteiger partial charge in [0.1, 0.15) is 6.29 Å². The average molecular weight is 335 g/mol. The fourth-order valence-corrected chi connectivity index (χ4v) is 4.13. The molecular weight excluding hydrogens is 322 g/mol. The first-order valence-electron chi connectivity index (χ1n) is 7.22. The molecule has 0 aliphatic carbocycles. The maximum Gasteiger partial charge on any atom is 0.150 e. The number of rotatable bonds is 4. The Hall–Kier alpha value is -2.43. The second kappa shape index (κ2) is 5.99. The van der Waals surface area contributed by atoms with Crippen molar-refractivity contribution in [1.82, 2.24) is 4.57 Å². The van der Waals surface area contributed by atoms with E-state index in [1.165, 1.54) is 21.1 Å². The summed E-state index contributed by atoms with van der Waals surface area (Å²) in [6.07, 6.45) is 0.875. The molecule has 0 saturated heterocycles. The molecule has 2 nitrogen and oxygen atoms in total. The average Bonchev–Trinajstić information content (AvgIpc) is 3.33. The third-order valence-corrected chi connectivity index (χ3v) is 5.50. The number of nitrogens with zero attached hydrogens (tertiary/aromatic N) is 1. The van der Waals surface area contributed by atoms with Gasteiger partial charge in [-0.05, 0) is 59.3 Å². The van der Waals surface area contributed by atoms with Crippen LogP contribution in [0.25, 0.3) is 26.8 Å². The minimum atomic E-state index is 0.691. The van der Waals surface area contributed by atoms with Crippen LogP contribution < -0.4 is 0 Å². The van der Waals surface area contributed by atoms with E-state index in [1.807, 2.05) is 24.3 Å². The number of benzene rings is 1. The van der Waals surface area contributed by atoms with Crippen molar-refractivity contribution in [3.8, 4) is 26.8 Å². The molecule has 0 spiro atoms. The van der Waals surface area contributed by atoms with E-state index in [0.29, 0.717) is 5.56 Å². The first-order valence-corrected chi connectivity index (χ1v) is 8.98.